The Hall–Kier alpha value is -2.87. The Labute approximate surface area is 170 Å². The van der Waals surface area contributed by atoms with Crippen LogP contribution in [0.25, 0.3) is 0 Å². The normalized spacial score (nSPS) is 12.2. The lowest BCUT2D eigenvalue weighted by Crippen LogP contribution is -2.34. The Bertz CT molecular complexity index is 936. The molecule has 0 aliphatic rings. The molecule has 0 spiro atoms. The van der Waals surface area contributed by atoms with E-state index >= 15 is 0 Å². The van der Waals surface area contributed by atoms with Crippen LogP contribution in [0.15, 0.2) is 48.5 Å². The van der Waals surface area contributed by atoms with E-state index in [9.17, 15) is 23.1 Å². The van der Waals surface area contributed by atoms with Crippen LogP contribution in [0.3, 0.4) is 0 Å². The number of carboxylic acid groups (broad SMARTS) is 1. The van der Waals surface area contributed by atoms with Crippen molar-refractivity contribution < 1.29 is 27.9 Å². The number of amides is 1. The van der Waals surface area contributed by atoms with Crippen LogP contribution < -0.4 is 10.1 Å². The summed E-state index contributed by atoms with van der Waals surface area (Å²) in [6, 6.07) is 13.4. The molecule has 0 aliphatic heterocycles. The van der Waals surface area contributed by atoms with Gasteiger partial charge < -0.3 is 15.2 Å². The van der Waals surface area contributed by atoms with Crippen LogP contribution in [-0.2, 0) is 26.8 Å². The Balaban J connectivity index is 1.95. The summed E-state index contributed by atoms with van der Waals surface area (Å²) in [5.74, 6) is -1.56. The van der Waals surface area contributed by atoms with E-state index in [0.717, 1.165) is 17.6 Å². The van der Waals surface area contributed by atoms with Crippen molar-refractivity contribution in [3.8, 4) is 5.75 Å². The van der Waals surface area contributed by atoms with Crippen molar-refractivity contribution in [2.24, 2.45) is 5.92 Å². The highest BCUT2D eigenvalue weighted by atomic mass is 32.2. The SMILES string of the molecule is CCOc1ccc(CC(CNC(=O)c2ccc(CS(C)(=O)=O)cc2)C(=O)O)cc1. The first-order valence-corrected chi connectivity index (χ1v) is 11.2. The van der Waals surface area contributed by atoms with E-state index in [-0.39, 0.29) is 18.7 Å². The molecular weight excluding hydrogens is 394 g/mol. The number of sulfone groups is 1. The van der Waals surface area contributed by atoms with Gasteiger partial charge in [0.15, 0.2) is 9.84 Å². The third kappa shape index (κ3) is 7.57. The molecule has 2 aromatic rings. The minimum absolute atomic E-state index is 0.0214. The van der Waals surface area contributed by atoms with E-state index in [1.807, 2.05) is 19.1 Å². The van der Waals surface area contributed by atoms with Crippen molar-refractivity contribution in [1.29, 1.82) is 0 Å². The number of rotatable bonds is 10. The maximum atomic E-state index is 12.3. The van der Waals surface area contributed by atoms with Gasteiger partial charge in [-0.15, -0.1) is 0 Å². The van der Waals surface area contributed by atoms with Gasteiger partial charge in [0.05, 0.1) is 18.3 Å². The van der Waals surface area contributed by atoms with Gasteiger partial charge in [0.25, 0.3) is 5.91 Å². The van der Waals surface area contributed by atoms with Crippen LogP contribution in [0.2, 0.25) is 0 Å². The smallest absolute Gasteiger partial charge is 0.308 e. The molecule has 7 nitrogen and oxygen atoms in total. The van der Waals surface area contributed by atoms with Crippen LogP contribution in [0.4, 0.5) is 0 Å². The molecule has 2 N–H and O–H groups in total. The van der Waals surface area contributed by atoms with Gasteiger partial charge in [-0.25, -0.2) is 8.42 Å². The van der Waals surface area contributed by atoms with Crippen molar-refractivity contribution >= 4 is 21.7 Å². The first-order chi connectivity index (χ1) is 13.7. The van der Waals surface area contributed by atoms with Gasteiger partial charge in [-0.2, -0.15) is 0 Å². The molecule has 1 atom stereocenters. The summed E-state index contributed by atoms with van der Waals surface area (Å²) in [6.45, 7) is 2.42. The lowest BCUT2D eigenvalue weighted by atomic mass is 9.99. The minimum atomic E-state index is -3.15. The van der Waals surface area contributed by atoms with E-state index in [2.05, 4.69) is 5.32 Å². The summed E-state index contributed by atoms with van der Waals surface area (Å²) >= 11 is 0. The van der Waals surface area contributed by atoms with Crippen LogP contribution in [0.5, 0.6) is 5.75 Å². The second-order valence-corrected chi connectivity index (χ2v) is 8.93. The minimum Gasteiger partial charge on any atom is -0.494 e. The van der Waals surface area contributed by atoms with Crippen LogP contribution in [-0.4, -0.2) is 44.8 Å². The van der Waals surface area contributed by atoms with Gasteiger partial charge in [0, 0.05) is 18.4 Å². The summed E-state index contributed by atoms with van der Waals surface area (Å²) in [7, 11) is -3.15. The highest BCUT2D eigenvalue weighted by Gasteiger charge is 2.19. The molecule has 0 aromatic heterocycles. The van der Waals surface area contributed by atoms with Gasteiger partial charge in [0.1, 0.15) is 5.75 Å². The predicted molar refractivity (Wildman–Crippen MR) is 110 cm³/mol. The van der Waals surface area contributed by atoms with Crippen LogP contribution in [0, 0.1) is 5.92 Å². The molecule has 0 saturated carbocycles. The highest BCUT2D eigenvalue weighted by Crippen LogP contribution is 2.15. The molecule has 0 bridgehead atoms. The summed E-state index contributed by atoms with van der Waals surface area (Å²) in [5, 5.41) is 12.1. The Morgan fingerprint density at radius 2 is 1.62 bits per heavy atom. The number of carboxylic acids is 1. The number of aliphatic carboxylic acids is 1. The van der Waals surface area contributed by atoms with Gasteiger partial charge in [-0.1, -0.05) is 24.3 Å². The van der Waals surface area contributed by atoms with E-state index in [4.69, 9.17) is 4.74 Å². The quantitative estimate of drug-likeness (QED) is 0.612. The Morgan fingerprint density at radius 3 is 2.14 bits per heavy atom. The molecule has 2 aromatic carbocycles. The molecule has 0 heterocycles. The van der Waals surface area contributed by atoms with Crippen molar-refractivity contribution in [2.75, 3.05) is 19.4 Å². The maximum absolute atomic E-state index is 12.3. The second kappa shape index (κ2) is 10.1. The molecule has 0 aliphatic carbocycles. The zero-order chi connectivity index (χ0) is 21.4. The molecule has 156 valence electrons. The van der Waals surface area contributed by atoms with Crippen molar-refractivity contribution in [3.63, 3.8) is 0 Å². The monoisotopic (exact) mass is 419 g/mol. The zero-order valence-electron chi connectivity index (χ0n) is 16.4. The first kappa shape index (κ1) is 22.4. The number of carbonyl (C=O) groups excluding carboxylic acids is 1. The van der Waals surface area contributed by atoms with Crippen molar-refractivity contribution in [1.82, 2.24) is 5.32 Å². The molecule has 1 unspecified atom stereocenters. The average molecular weight is 419 g/mol. The number of carbonyl (C=O) groups is 2. The number of hydrogen-bond acceptors (Lipinski definition) is 5. The van der Waals surface area contributed by atoms with Gasteiger partial charge in [-0.3, -0.25) is 9.59 Å². The zero-order valence-corrected chi connectivity index (χ0v) is 17.2. The Morgan fingerprint density at radius 1 is 1.03 bits per heavy atom. The lowest BCUT2D eigenvalue weighted by molar-refractivity contribution is -0.141. The average Bonchev–Trinajstić information content (AvgIpc) is 2.65. The summed E-state index contributed by atoms with van der Waals surface area (Å²) < 4.78 is 28.0. The van der Waals surface area contributed by atoms with Crippen molar-refractivity contribution in [3.05, 3.63) is 65.2 Å². The third-order valence-corrected chi connectivity index (χ3v) is 5.08. The molecule has 1 amide bonds. The van der Waals surface area contributed by atoms with Crippen molar-refractivity contribution in [2.45, 2.75) is 19.1 Å². The fraction of sp³-hybridized carbons (Fsp3) is 0.333. The highest BCUT2D eigenvalue weighted by molar-refractivity contribution is 7.89. The van der Waals surface area contributed by atoms with Crippen LogP contribution >= 0.6 is 0 Å². The number of hydrogen-bond donors (Lipinski definition) is 2. The fourth-order valence-electron chi connectivity index (χ4n) is 2.79. The molecule has 8 heteroatoms. The molecule has 29 heavy (non-hydrogen) atoms. The number of ether oxygens (including phenoxy) is 1. The summed E-state index contributed by atoms with van der Waals surface area (Å²) in [6.07, 6.45) is 1.42. The summed E-state index contributed by atoms with van der Waals surface area (Å²) in [4.78, 5) is 23.9. The van der Waals surface area contributed by atoms with E-state index in [1.54, 1.807) is 24.3 Å². The molecule has 0 radical (unpaired) electrons. The molecular formula is C21H25NO6S. The number of nitrogens with one attached hydrogen (secondary N) is 1. The number of benzene rings is 2. The first-order valence-electron chi connectivity index (χ1n) is 9.17. The largest absolute Gasteiger partial charge is 0.494 e. The van der Waals surface area contributed by atoms with Gasteiger partial charge in [-0.05, 0) is 48.7 Å². The van der Waals surface area contributed by atoms with E-state index < -0.39 is 27.6 Å². The van der Waals surface area contributed by atoms with Gasteiger partial charge in [0.2, 0.25) is 0 Å². The fourth-order valence-corrected chi connectivity index (χ4v) is 3.59. The molecule has 0 fully saturated rings. The Kier molecular flexibility index (Phi) is 7.78. The topological polar surface area (TPSA) is 110 Å². The standard InChI is InChI=1S/C21H25NO6S/c1-3-28-19-10-6-15(7-11-19)12-18(21(24)25)13-22-20(23)17-8-4-16(5-9-17)14-29(2,26)27/h4-11,18H,3,12-14H2,1-2H3,(H,22,23)(H,24,25). The molecule has 2 rings (SSSR count). The molecule has 0 saturated heterocycles. The second-order valence-electron chi connectivity index (χ2n) is 6.79. The summed E-state index contributed by atoms with van der Waals surface area (Å²) in [5.41, 5.74) is 1.76. The van der Waals surface area contributed by atoms with E-state index in [0.29, 0.717) is 17.7 Å². The predicted octanol–water partition coefficient (Wildman–Crippen LogP) is 2.30. The van der Waals surface area contributed by atoms with Crippen LogP contribution in [0.1, 0.15) is 28.4 Å². The van der Waals surface area contributed by atoms with E-state index in [1.165, 1.54) is 12.1 Å². The third-order valence-electron chi connectivity index (χ3n) is 4.22. The van der Waals surface area contributed by atoms with Gasteiger partial charge >= 0.3 is 5.97 Å². The lowest BCUT2D eigenvalue weighted by Gasteiger charge is -2.14. The maximum Gasteiger partial charge on any atom is 0.308 e.